The van der Waals surface area contributed by atoms with Gasteiger partial charge in [0.25, 0.3) is 11.4 Å². The van der Waals surface area contributed by atoms with E-state index in [1.165, 1.54) is 13.8 Å². The van der Waals surface area contributed by atoms with Gasteiger partial charge >= 0.3 is 5.97 Å². The Morgan fingerprint density at radius 2 is 1.61 bits per heavy atom. The monoisotopic (exact) mass is 254 g/mol. The summed E-state index contributed by atoms with van der Waals surface area (Å²) in [6.07, 6.45) is 0. The number of carbonyl (C=O) groups is 1. The van der Waals surface area contributed by atoms with Gasteiger partial charge < -0.3 is 5.11 Å². The second-order valence-corrected chi connectivity index (χ2v) is 3.76. The maximum absolute atomic E-state index is 10.8. The molecule has 18 heavy (non-hydrogen) atoms. The van der Waals surface area contributed by atoms with Gasteiger partial charge in [0.1, 0.15) is 5.56 Å². The van der Waals surface area contributed by atoms with Crippen LogP contribution in [0.3, 0.4) is 0 Å². The van der Waals surface area contributed by atoms with Crippen molar-refractivity contribution in [3.63, 3.8) is 0 Å². The number of hydrogen-bond acceptors (Lipinski definition) is 5. The van der Waals surface area contributed by atoms with Gasteiger partial charge in [0.15, 0.2) is 0 Å². The Bertz CT molecular complexity index is 504. The van der Waals surface area contributed by atoms with Crippen molar-refractivity contribution in [1.82, 2.24) is 0 Å². The molecule has 1 atom stereocenters. The Balaban J connectivity index is 3.52. The molecule has 1 N–H and O–H groups in total. The van der Waals surface area contributed by atoms with Gasteiger partial charge in [0.2, 0.25) is 0 Å². The highest BCUT2D eigenvalue weighted by molar-refractivity contribution is 5.76. The predicted octanol–water partition coefficient (Wildman–Crippen LogP) is 2.00. The van der Waals surface area contributed by atoms with Gasteiger partial charge in [-0.25, -0.2) is 0 Å². The smallest absolute Gasteiger partial charge is 0.310 e. The second kappa shape index (κ2) is 4.78. The van der Waals surface area contributed by atoms with Crippen LogP contribution in [0.15, 0.2) is 12.1 Å². The number of aliphatic carboxylic acids is 1. The van der Waals surface area contributed by atoms with E-state index in [9.17, 15) is 25.0 Å². The molecular formula is C10H10N2O6. The number of benzene rings is 1. The molecule has 1 aromatic rings. The molecule has 96 valence electrons. The SMILES string of the molecule is Cc1c([N+](=O)[O-])cc(C(C)C(=O)O)cc1[N+](=O)[O-]. The van der Waals surface area contributed by atoms with E-state index >= 15 is 0 Å². The summed E-state index contributed by atoms with van der Waals surface area (Å²) in [7, 11) is 0. The lowest BCUT2D eigenvalue weighted by molar-refractivity contribution is -0.395. The standard InChI is InChI=1S/C10H10N2O6/c1-5(10(13)14)7-3-8(11(15)16)6(2)9(4-7)12(17)18/h3-5H,1-2H3,(H,13,14). The van der Waals surface area contributed by atoms with Crippen LogP contribution >= 0.6 is 0 Å². The average Bonchev–Trinajstić information content (AvgIpc) is 2.27. The first kappa shape index (κ1) is 13.6. The maximum Gasteiger partial charge on any atom is 0.310 e. The van der Waals surface area contributed by atoms with Crippen molar-refractivity contribution >= 4 is 17.3 Å². The van der Waals surface area contributed by atoms with Crippen molar-refractivity contribution in [3.05, 3.63) is 43.5 Å². The summed E-state index contributed by atoms with van der Waals surface area (Å²) < 4.78 is 0. The highest BCUT2D eigenvalue weighted by atomic mass is 16.6. The number of nitrogens with zero attached hydrogens (tertiary/aromatic N) is 2. The molecule has 0 amide bonds. The normalized spacial score (nSPS) is 11.9. The van der Waals surface area contributed by atoms with Crippen molar-refractivity contribution in [2.75, 3.05) is 0 Å². The van der Waals surface area contributed by atoms with Crippen molar-refractivity contribution < 1.29 is 19.7 Å². The largest absolute Gasteiger partial charge is 0.481 e. The zero-order valence-electron chi connectivity index (χ0n) is 9.61. The highest BCUT2D eigenvalue weighted by Crippen LogP contribution is 2.32. The quantitative estimate of drug-likeness (QED) is 0.647. The Morgan fingerprint density at radius 3 is 1.89 bits per heavy atom. The summed E-state index contributed by atoms with van der Waals surface area (Å²) in [5.74, 6) is -2.26. The lowest BCUT2D eigenvalue weighted by atomic mass is 9.98. The topological polar surface area (TPSA) is 124 Å². The molecule has 0 bridgehead atoms. The molecule has 0 saturated carbocycles. The molecule has 0 saturated heterocycles. The van der Waals surface area contributed by atoms with Gasteiger partial charge in [0.05, 0.1) is 15.8 Å². The summed E-state index contributed by atoms with van der Waals surface area (Å²) in [6, 6.07) is 2.11. The van der Waals surface area contributed by atoms with Gasteiger partial charge in [-0.2, -0.15) is 0 Å². The van der Waals surface area contributed by atoms with Crippen LogP contribution in [0.1, 0.15) is 24.0 Å². The third-order valence-corrected chi connectivity index (χ3v) is 2.64. The Kier molecular flexibility index (Phi) is 3.60. The Hall–Kier alpha value is -2.51. The van der Waals surface area contributed by atoms with Crippen molar-refractivity contribution in [3.8, 4) is 0 Å². The molecule has 1 rings (SSSR count). The molecule has 0 aliphatic carbocycles. The number of nitro groups is 2. The Morgan fingerprint density at radius 1 is 1.22 bits per heavy atom. The van der Waals surface area contributed by atoms with Gasteiger partial charge in [-0.05, 0) is 19.4 Å². The summed E-state index contributed by atoms with van der Waals surface area (Å²) in [6.45, 7) is 2.56. The van der Waals surface area contributed by atoms with Crippen molar-refractivity contribution in [2.45, 2.75) is 19.8 Å². The molecule has 0 aromatic heterocycles. The van der Waals surface area contributed by atoms with Crippen LogP contribution in [0.4, 0.5) is 11.4 Å². The van der Waals surface area contributed by atoms with Crippen LogP contribution in [0.25, 0.3) is 0 Å². The van der Waals surface area contributed by atoms with Gasteiger partial charge in [-0.15, -0.1) is 0 Å². The third kappa shape index (κ3) is 2.42. The van der Waals surface area contributed by atoms with E-state index in [-0.39, 0.29) is 11.1 Å². The van der Waals surface area contributed by atoms with Crippen LogP contribution in [-0.2, 0) is 4.79 Å². The minimum absolute atomic E-state index is 0.0338. The molecule has 1 aromatic carbocycles. The molecule has 0 heterocycles. The molecule has 0 aliphatic rings. The number of rotatable bonds is 4. The number of nitro benzene ring substituents is 2. The van der Waals surface area contributed by atoms with E-state index in [4.69, 9.17) is 5.11 Å². The van der Waals surface area contributed by atoms with Crippen LogP contribution in [-0.4, -0.2) is 20.9 Å². The third-order valence-electron chi connectivity index (χ3n) is 2.64. The second-order valence-electron chi connectivity index (χ2n) is 3.76. The van der Waals surface area contributed by atoms with Crippen LogP contribution in [0.5, 0.6) is 0 Å². The predicted molar refractivity (Wildman–Crippen MR) is 60.5 cm³/mol. The first-order chi connectivity index (χ1) is 8.25. The number of carboxylic acids is 1. The first-order valence-corrected chi connectivity index (χ1v) is 4.91. The summed E-state index contributed by atoms with van der Waals surface area (Å²) in [4.78, 5) is 30.8. The number of hydrogen-bond donors (Lipinski definition) is 1. The van der Waals surface area contributed by atoms with Gasteiger partial charge in [-0.3, -0.25) is 25.0 Å². The zero-order valence-corrected chi connectivity index (χ0v) is 9.61. The maximum atomic E-state index is 10.8. The summed E-state index contributed by atoms with van der Waals surface area (Å²) >= 11 is 0. The van der Waals surface area contributed by atoms with E-state index in [1.54, 1.807) is 0 Å². The van der Waals surface area contributed by atoms with Crippen molar-refractivity contribution in [2.24, 2.45) is 0 Å². The Labute approximate surface area is 101 Å². The molecule has 1 unspecified atom stereocenters. The molecule has 8 heteroatoms. The van der Waals surface area contributed by atoms with E-state index < -0.39 is 33.1 Å². The van der Waals surface area contributed by atoms with E-state index in [2.05, 4.69) is 0 Å². The molecule has 0 fully saturated rings. The fourth-order valence-corrected chi connectivity index (χ4v) is 1.48. The fourth-order valence-electron chi connectivity index (χ4n) is 1.48. The van der Waals surface area contributed by atoms with E-state index in [1.807, 2.05) is 0 Å². The van der Waals surface area contributed by atoms with E-state index in [0.717, 1.165) is 12.1 Å². The lowest BCUT2D eigenvalue weighted by Gasteiger charge is -2.08. The molecule has 0 radical (unpaired) electrons. The van der Waals surface area contributed by atoms with Gasteiger partial charge in [0, 0.05) is 12.1 Å². The lowest BCUT2D eigenvalue weighted by Crippen LogP contribution is -2.09. The average molecular weight is 254 g/mol. The fraction of sp³-hybridized carbons (Fsp3) is 0.300. The summed E-state index contributed by atoms with van der Waals surface area (Å²) in [5, 5.41) is 30.4. The van der Waals surface area contributed by atoms with Crippen LogP contribution in [0, 0.1) is 27.2 Å². The van der Waals surface area contributed by atoms with Crippen molar-refractivity contribution in [1.29, 1.82) is 0 Å². The summed E-state index contributed by atoms with van der Waals surface area (Å²) in [5.41, 5.74) is -0.961. The molecule has 0 aliphatic heterocycles. The van der Waals surface area contributed by atoms with Gasteiger partial charge in [-0.1, -0.05) is 0 Å². The van der Waals surface area contributed by atoms with E-state index in [0.29, 0.717) is 0 Å². The molecule has 8 nitrogen and oxygen atoms in total. The molecule has 0 spiro atoms. The van der Waals surface area contributed by atoms with Crippen LogP contribution in [0.2, 0.25) is 0 Å². The highest BCUT2D eigenvalue weighted by Gasteiger charge is 2.26. The zero-order chi connectivity index (χ0) is 14.0. The first-order valence-electron chi connectivity index (χ1n) is 4.91. The number of carboxylic acid groups (broad SMARTS) is 1. The minimum Gasteiger partial charge on any atom is -0.481 e. The molecular weight excluding hydrogens is 244 g/mol. The minimum atomic E-state index is -1.21. The van der Waals surface area contributed by atoms with Crippen LogP contribution < -0.4 is 0 Å².